The summed E-state index contributed by atoms with van der Waals surface area (Å²) in [7, 11) is 0. The highest BCUT2D eigenvalue weighted by Crippen LogP contribution is 2.36. The van der Waals surface area contributed by atoms with Crippen molar-refractivity contribution in [3.05, 3.63) is 5.01 Å². The van der Waals surface area contributed by atoms with Crippen LogP contribution in [0.5, 0.6) is 0 Å². The molecule has 0 aliphatic carbocycles. The second-order valence-corrected chi connectivity index (χ2v) is 4.71. The summed E-state index contributed by atoms with van der Waals surface area (Å²) in [6.07, 6.45) is -4.44. The molecule has 1 aromatic heterocycles. The van der Waals surface area contributed by atoms with Gasteiger partial charge in [-0.2, -0.15) is 13.2 Å². The number of aliphatic carboxylic acids is 1. The van der Waals surface area contributed by atoms with Crippen LogP contribution in [-0.4, -0.2) is 34.4 Å². The number of rotatable bonds is 3. The summed E-state index contributed by atoms with van der Waals surface area (Å²) < 4.78 is 36.7. The van der Waals surface area contributed by atoms with Crippen LogP contribution in [0.2, 0.25) is 0 Å². The standard InChI is InChI=1S/C8H8F3N3O2S/c9-8(10,11)6-12-13-7(17-6)14-2-4(3-14)1-5(15)16/h4H,1-3H2,(H,15,16). The van der Waals surface area contributed by atoms with Crippen molar-refractivity contribution in [1.29, 1.82) is 0 Å². The van der Waals surface area contributed by atoms with E-state index < -0.39 is 17.2 Å². The molecule has 0 spiro atoms. The lowest BCUT2D eigenvalue weighted by Crippen LogP contribution is -2.47. The van der Waals surface area contributed by atoms with E-state index in [9.17, 15) is 18.0 Å². The highest BCUT2D eigenvalue weighted by Gasteiger charge is 2.38. The van der Waals surface area contributed by atoms with Crippen LogP contribution in [0.3, 0.4) is 0 Å². The first-order valence-corrected chi connectivity index (χ1v) is 5.55. The van der Waals surface area contributed by atoms with Crippen LogP contribution in [-0.2, 0) is 11.0 Å². The van der Waals surface area contributed by atoms with E-state index >= 15 is 0 Å². The van der Waals surface area contributed by atoms with E-state index in [2.05, 4.69) is 10.2 Å². The van der Waals surface area contributed by atoms with Gasteiger partial charge >= 0.3 is 12.1 Å². The average molecular weight is 267 g/mol. The third-order valence-corrected chi connectivity index (χ3v) is 3.38. The predicted octanol–water partition coefficient (Wildman–Crippen LogP) is 1.47. The van der Waals surface area contributed by atoms with E-state index in [1.807, 2.05) is 0 Å². The fourth-order valence-electron chi connectivity index (χ4n) is 1.56. The lowest BCUT2D eigenvalue weighted by Gasteiger charge is -2.37. The molecule has 94 valence electrons. The lowest BCUT2D eigenvalue weighted by atomic mass is 9.97. The highest BCUT2D eigenvalue weighted by molar-refractivity contribution is 7.15. The molecule has 1 aliphatic heterocycles. The first-order valence-electron chi connectivity index (χ1n) is 4.73. The fraction of sp³-hybridized carbons (Fsp3) is 0.625. The van der Waals surface area contributed by atoms with Crippen LogP contribution in [0, 0.1) is 5.92 Å². The average Bonchev–Trinajstić information content (AvgIpc) is 2.57. The molecule has 1 aromatic rings. The quantitative estimate of drug-likeness (QED) is 0.898. The smallest absolute Gasteiger partial charge is 0.445 e. The molecule has 0 atom stereocenters. The van der Waals surface area contributed by atoms with Gasteiger partial charge in [-0.3, -0.25) is 4.79 Å². The highest BCUT2D eigenvalue weighted by atomic mass is 32.1. The molecule has 17 heavy (non-hydrogen) atoms. The Morgan fingerprint density at radius 1 is 1.47 bits per heavy atom. The van der Waals surface area contributed by atoms with Crippen molar-refractivity contribution in [2.24, 2.45) is 5.92 Å². The van der Waals surface area contributed by atoms with Gasteiger partial charge < -0.3 is 10.0 Å². The molecule has 5 nitrogen and oxygen atoms in total. The molecule has 9 heteroatoms. The van der Waals surface area contributed by atoms with Gasteiger partial charge in [-0.05, 0) is 0 Å². The van der Waals surface area contributed by atoms with Gasteiger partial charge in [0.2, 0.25) is 10.1 Å². The van der Waals surface area contributed by atoms with Crippen molar-refractivity contribution in [3.63, 3.8) is 0 Å². The Morgan fingerprint density at radius 3 is 2.59 bits per heavy atom. The third kappa shape index (κ3) is 2.65. The van der Waals surface area contributed by atoms with Gasteiger partial charge in [0, 0.05) is 19.0 Å². The molecule has 0 amide bonds. The van der Waals surface area contributed by atoms with E-state index in [0.29, 0.717) is 24.4 Å². The number of anilines is 1. The summed E-state index contributed by atoms with van der Waals surface area (Å²) in [5, 5.41) is 14.2. The maximum absolute atomic E-state index is 12.2. The normalized spacial score (nSPS) is 17.0. The Morgan fingerprint density at radius 2 is 2.12 bits per heavy atom. The number of hydrogen-bond acceptors (Lipinski definition) is 5. The minimum absolute atomic E-state index is 0.0225. The number of aromatic nitrogens is 2. The van der Waals surface area contributed by atoms with Crippen molar-refractivity contribution >= 4 is 22.4 Å². The number of carboxylic acid groups (broad SMARTS) is 1. The molecule has 0 radical (unpaired) electrons. The van der Waals surface area contributed by atoms with Crippen molar-refractivity contribution in [3.8, 4) is 0 Å². The molecule has 0 aromatic carbocycles. The predicted molar refractivity (Wildman–Crippen MR) is 52.9 cm³/mol. The van der Waals surface area contributed by atoms with E-state index in [-0.39, 0.29) is 17.5 Å². The molecule has 1 aliphatic rings. The van der Waals surface area contributed by atoms with Crippen LogP contribution in [0.15, 0.2) is 0 Å². The largest absolute Gasteiger partial charge is 0.481 e. The van der Waals surface area contributed by atoms with Gasteiger partial charge in [0.1, 0.15) is 0 Å². The molecule has 2 heterocycles. The third-order valence-electron chi connectivity index (χ3n) is 2.35. The first-order chi connectivity index (χ1) is 7.86. The molecule has 0 saturated carbocycles. The van der Waals surface area contributed by atoms with Crippen LogP contribution >= 0.6 is 11.3 Å². The number of nitrogens with zero attached hydrogens (tertiary/aromatic N) is 3. The summed E-state index contributed by atoms with van der Waals surface area (Å²) in [6.45, 7) is 0.831. The molecular weight excluding hydrogens is 259 g/mol. The summed E-state index contributed by atoms with van der Waals surface area (Å²) in [6, 6.07) is 0. The van der Waals surface area contributed by atoms with Gasteiger partial charge in [0.05, 0.1) is 6.42 Å². The number of halogens is 3. The Labute approximate surface area is 97.9 Å². The van der Waals surface area contributed by atoms with E-state index in [1.54, 1.807) is 4.90 Å². The number of carboxylic acids is 1. The number of alkyl halides is 3. The SMILES string of the molecule is O=C(O)CC1CN(c2nnc(C(F)(F)F)s2)C1. The summed E-state index contributed by atoms with van der Waals surface area (Å²) in [5.41, 5.74) is 0. The Kier molecular flexibility index (Phi) is 2.94. The van der Waals surface area contributed by atoms with Gasteiger partial charge in [-0.25, -0.2) is 0 Å². The minimum Gasteiger partial charge on any atom is -0.481 e. The monoisotopic (exact) mass is 267 g/mol. The molecule has 1 fully saturated rings. The summed E-state index contributed by atoms with van der Waals surface area (Å²) >= 11 is 0.476. The Bertz CT molecular complexity index is 428. The second-order valence-electron chi connectivity index (χ2n) is 3.76. The van der Waals surface area contributed by atoms with Crippen molar-refractivity contribution in [2.75, 3.05) is 18.0 Å². The van der Waals surface area contributed by atoms with E-state index in [0.717, 1.165) is 0 Å². The number of hydrogen-bond donors (Lipinski definition) is 1. The second kappa shape index (κ2) is 4.13. The minimum atomic E-state index is -4.47. The zero-order chi connectivity index (χ0) is 12.6. The van der Waals surface area contributed by atoms with Gasteiger partial charge in [0.25, 0.3) is 0 Å². The van der Waals surface area contributed by atoms with E-state index in [1.165, 1.54) is 0 Å². The van der Waals surface area contributed by atoms with E-state index in [4.69, 9.17) is 5.11 Å². The fourth-order valence-corrected chi connectivity index (χ4v) is 2.29. The van der Waals surface area contributed by atoms with Gasteiger partial charge in [-0.15, -0.1) is 10.2 Å². The number of carbonyl (C=O) groups is 1. The maximum atomic E-state index is 12.2. The van der Waals surface area contributed by atoms with Crippen molar-refractivity contribution in [2.45, 2.75) is 12.6 Å². The van der Waals surface area contributed by atoms with Crippen LogP contribution < -0.4 is 4.90 Å². The van der Waals surface area contributed by atoms with Crippen LogP contribution in [0.25, 0.3) is 0 Å². The maximum Gasteiger partial charge on any atom is 0.445 e. The molecular formula is C8H8F3N3O2S. The summed E-state index contributed by atoms with van der Waals surface area (Å²) in [5.74, 6) is -0.923. The zero-order valence-electron chi connectivity index (χ0n) is 8.44. The van der Waals surface area contributed by atoms with Gasteiger partial charge in [-0.1, -0.05) is 11.3 Å². The Balaban J connectivity index is 1.93. The Hall–Kier alpha value is -1.38. The zero-order valence-corrected chi connectivity index (χ0v) is 9.25. The molecule has 0 bridgehead atoms. The topological polar surface area (TPSA) is 66.3 Å². The van der Waals surface area contributed by atoms with Gasteiger partial charge in [0.15, 0.2) is 0 Å². The molecule has 2 rings (SSSR count). The van der Waals surface area contributed by atoms with Crippen molar-refractivity contribution < 1.29 is 23.1 Å². The van der Waals surface area contributed by atoms with Crippen LogP contribution in [0.1, 0.15) is 11.4 Å². The first kappa shape index (κ1) is 12.1. The molecule has 1 N–H and O–H groups in total. The van der Waals surface area contributed by atoms with Crippen LogP contribution in [0.4, 0.5) is 18.3 Å². The molecule has 1 saturated heterocycles. The summed E-state index contributed by atoms with van der Waals surface area (Å²) in [4.78, 5) is 12.0. The molecule has 0 unspecified atom stereocenters. The van der Waals surface area contributed by atoms with Crippen molar-refractivity contribution in [1.82, 2.24) is 10.2 Å². The lowest BCUT2D eigenvalue weighted by molar-refractivity contribution is -0.139.